The monoisotopic (exact) mass is 498 g/mol. The Morgan fingerprint density at radius 2 is 1.58 bits per heavy atom. The summed E-state index contributed by atoms with van der Waals surface area (Å²) in [7, 11) is -3.63. The van der Waals surface area contributed by atoms with Gasteiger partial charge in [0.2, 0.25) is 0 Å². The zero-order valence-electron chi connectivity index (χ0n) is 17.6. The smallest absolute Gasteiger partial charge is 0.295 e. The van der Waals surface area contributed by atoms with Gasteiger partial charge in [0.25, 0.3) is 0 Å². The lowest BCUT2D eigenvalue weighted by Gasteiger charge is -2.34. The number of hydrogen-bond acceptors (Lipinski definition) is 3. The van der Waals surface area contributed by atoms with Gasteiger partial charge < -0.3 is 0 Å². The van der Waals surface area contributed by atoms with Gasteiger partial charge in [0, 0.05) is 5.56 Å². The molecule has 0 spiro atoms. The maximum atomic E-state index is 12.7. The second-order valence-electron chi connectivity index (χ2n) is 7.69. The van der Waals surface area contributed by atoms with E-state index in [1.54, 1.807) is 0 Å². The maximum Gasteiger partial charge on any atom is 0.419 e. The molecule has 0 heterocycles. The third-order valence-electron chi connectivity index (χ3n) is 5.38. The van der Waals surface area contributed by atoms with Crippen LogP contribution in [0.2, 0.25) is 0 Å². The van der Waals surface area contributed by atoms with Gasteiger partial charge in [-0.1, -0.05) is 19.4 Å². The maximum absolute atomic E-state index is 12.7. The number of hydrogen-bond donors (Lipinski definition) is 0. The van der Waals surface area contributed by atoms with Crippen LogP contribution in [0, 0.1) is 11.7 Å². The van der Waals surface area contributed by atoms with Crippen molar-refractivity contribution in [1.29, 1.82) is 0 Å². The van der Waals surface area contributed by atoms with Gasteiger partial charge in [0.05, 0.1) is 21.3 Å². The van der Waals surface area contributed by atoms with E-state index >= 15 is 0 Å². The fourth-order valence-corrected chi connectivity index (χ4v) is 5.26. The minimum absolute atomic E-state index is 0.154. The highest BCUT2D eigenvalue weighted by molar-refractivity contribution is 7.92. The predicted octanol–water partition coefficient (Wildman–Crippen LogP) is 6.71. The lowest BCUT2D eigenvalue weighted by atomic mass is 9.83. The van der Waals surface area contributed by atoms with Crippen molar-refractivity contribution in [3.63, 3.8) is 0 Å². The number of sulfone groups is 1. The molecular formula is C22H21F7O3S. The van der Waals surface area contributed by atoms with Gasteiger partial charge in [-0.15, -0.1) is 0 Å². The van der Waals surface area contributed by atoms with E-state index in [0.717, 1.165) is 37.6 Å². The van der Waals surface area contributed by atoms with Crippen LogP contribution in [0.1, 0.15) is 54.6 Å². The molecule has 3 rings (SSSR count). The number of rotatable bonds is 4. The third kappa shape index (κ3) is 6.55. The van der Waals surface area contributed by atoms with Crippen LogP contribution >= 0.6 is 0 Å². The number of carbonyl (C=O) groups is 1. The summed E-state index contributed by atoms with van der Waals surface area (Å²) in [6, 6.07) is 6.17. The van der Waals surface area contributed by atoms with Gasteiger partial charge in [-0.05, 0) is 62.1 Å². The Hall–Kier alpha value is -2.43. The van der Waals surface area contributed by atoms with Crippen LogP contribution < -0.4 is 0 Å². The van der Waals surface area contributed by atoms with Gasteiger partial charge >= 0.3 is 12.4 Å². The van der Waals surface area contributed by atoms with Gasteiger partial charge in [0.1, 0.15) is 5.82 Å². The zero-order chi connectivity index (χ0) is 25.2. The highest BCUT2D eigenvalue weighted by Gasteiger charge is 2.40. The molecule has 11 heteroatoms. The molecule has 0 aromatic heterocycles. The summed E-state index contributed by atoms with van der Waals surface area (Å²) in [5.41, 5.74) is -2.48. The van der Waals surface area contributed by atoms with Gasteiger partial charge in [0.15, 0.2) is 15.6 Å². The summed E-state index contributed by atoms with van der Waals surface area (Å²) < 4.78 is 111. The second kappa shape index (κ2) is 9.82. The molecular weight excluding hydrogens is 477 g/mol. The number of ketones is 1. The largest absolute Gasteiger partial charge is 0.419 e. The molecule has 0 radical (unpaired) electrons. The second-order valence-corrected chi connectivity index (χ2v) is 9.91. The minimum atomic E-state index is -4.77. The van der Waals surface area contributed by atoms with E-state index in [-0.39, 0.29) is 10.5 Å². The molecule has 0 saturated heterocycles. The molecule has 0 N–H and O–H groups in total. The summed E-state index contributed by atoms with van der Waals surface area (Å²) in [5.74, 6) is -1.52. The Labute approximate surface area is 186 Å². The molecule has 2 aromatic rings. The first-order valence-electron chi connectivity index (χ1n) is 9.86. The van der Waals surface area contributed by atoms with E-state index in [0.29, 0.717) is 30.9 Å². The Morgan fingerprint density at radius 1 is 0.970 bits per heavy atom. The van der Waals surface area contributed by atoms with Crippen LogP contribution in [0.3, 0.4) is 0 Å². The Bertz CT molecular complexity index is 1100. The van der Waals surface area contributed by atoms with Crippen LogP contribution in [0.4, 0.5) is 30.7 Å². The average molecular weight is 498 g/mol. The molecule has 1 aliphatic carbocycles. The number of halogens is 7. The van der Waals surface area contributed by atoms with E-state index in [4.69, 9.17) is 0 Å². The molecule has 33 heavy (non-hydrogen) atoms. The minimum Gasteiger partial charge on any atom is -0.295 e. The lowest BCUT2D eigenvalue weighted by Crippen LogP contribution is -2.35. The third-order valence-corrected chi connectivity index (χ3v) is 7.55. The molecule has 0 unspecified atom stereocenters. The normalized spacial score (nSPS) is 18.7. The first-order valence-corrected chi connectivity index (χ1v) is 11.4. The topological polar surface area (TPSA) is 51.2 Å². The first kappa shape index (κ1) is 26.8. The molecule has 0 aliphatic heterocycles. The number of benzene rings is 2. The molecule has 2 aromatic carbocycles. The van der Waals surface area contributed by atoms with Crippen molar-refractivity contribution >= 4 is 15.6 Å². The average Bonchev–Trinajstić information content (AvgIpc) is 2.66. The van der Waals surface area contributed by atoms with Gasteiger partial charge in [-0.2, -0.15) is 26.3 Å². The highest BCUT2D eigenvalue weighted by atomic mass is 32.2. The molecule has 1 fully saturated rings. The van der Waals surface area contributed by atoms with Crippen LogP contribution in [0.25, 0.3) is 0 Å². The summed E-state index contributed by atoms with van der Waals surface area (Å²) >= 11 is 0. The van der Waals surface area contributed by atoms with Crippen molar-refractivity contribution in [2.45, 2.75) is 55.6 Å². The molecule has 0 bridgehead atoms. The highest BCUT2D eigenvalue weighted by Crippen LogP contribution is 2.39. The van der Waals surface area contributed by atoms with Crippen LogP contribution in [-0.2, 0) is 22.2 Å². The fourth-order valence-electron chi connectivity index (χ4n) is 3.26. The van der Waals surface area contributed by atoms with Gasteiger partial charge in [-0.25, -0.2) is 12.8 Å². The van der Waals surface area contributed by atoms with E-state index in [1.807, 2.05) is 6.92 Å². The van der Waals surface area contributed by atoms with Crippen LogP contribution in [0.5, 0.6) is 0 Å². The molecule has 0 amide bonds. The summed E-state index contributed by atoms with van der Waals surface area (Å²) in [6.07, 6.45) is -7.27. The molecule has 182 valence electrons. The lowest BCUT2D eigenvalue weighted by molar-refractivity contribution is -0.140. The van der Waals surface area contributed by atoms with Crippen LogP contribution in [0.15, 0.2) is 47.4 Å². The molecule has 1 saturated carbocycles. The van der Waals surface area contributed by atoms with E-state index in [1.165, 1.54) is 6.07 Å². The van der Waals surface area contributed by atoms with Crippen molar-refractivity contribution in [2.24, 2.45) is 5.92 Å². The quantitative estimate of drug-likeness (QED) is 0.348. The number of carbonyl (C=O) groups excluding carboxylic acids is 1. The first-order chi connectivity index (χ1) is 15.1. The molecule has 3 nitrogen and oxygen atoms in total. The van der Waals surface area contributed by atoms with Crippen molar-refractivity contribution in [3.8, 4) is 0 Å². The Morgan fingerprint density at radius 3 is 2.06 bits per heavy atom. The summed E-state index contributed by atoms with van der Waals surface area (Å²) in [6.45, 7) is 3.10. The van der Waals surface area contributed by atoms with E-state index < -0.39 is 50.2 Å². The van der Waals surface area contributed by atoms with Gasteiger partial charge in [-0.3, -0.25) is 4.79 Å². The van der Waals surface area contributed by atoms with Crippen molar-refractivity contribution in [2.75, 3.05) is 0 Å². The Balaban J connectivity index is 0.000000245. The SMILES string of the molecule is CC(=O)c1ccc(F)c(C(F)(F)F)c1.CCC1CC(S(=O)(=O)c2cccc(C(F)(F)F)c2)C1. The Kier molecular flexibility index (Phi) is 7.98. The fraction of sp³-hybridized carbons (Fsp3) is 0.409. The number of Topliss-reactive ketones (excluding diaryl/α,β-unsaturated/α-hetero) is 1. The predicted molar refractivity (Wildman–Crippen MR) is 107 cm³/mol. The zero-order valence-corrected chi connectivity index (χ0v) is 18.4. The van der Waals surface area contributed by atoms with Crippen molar-refractivity contribution in [3.05, 3.63) is 65.0 Å². The summed E-state index contributed by atoms with van der Waals surface area (Å²) in [5, 5.41) is -0.527. The standard InChI is InChI=1S/C13H15F3O2S.C9H6F4O/c1-2-9-6-12(7-9)19(17,18)11-5-3-4-10(8-11)13(14,15)16;1-5(14)6-2-3-8(10)7(4-6)9(11,12)13/h3-5,8-9,12H,2,6-7H2,1H3;2-4H,1H3. The van der Waals surface area contributed by atoms with E-state index in [2.05, 4.69) is 0 Å². The van der Waals surface area contributed by atoms with E-state index in [9.17, 15) is 43.9 Å². The summed E-state index contributed by atoms with van der Waals surface area (Å²) in [4.78, 5) is 10.5. The number of alkyl halides is 6. The molecule has 0 atom stereocenters. The molecule has 1 aliphatic rings. The van der Waals surface area contributed by atoms with Crippen molar-refractivity contribution < 1.29 is 43.9 Å². The van der Waals surface area contributed by atoms with Crippen LogP contribution in [-0.4, -0.2) is 19.5 Å². The van der Waals surface area contributed by atoms with Crippen molar-refractivity contribution in [1.82, 2.24) is 0 Å².